The Hall–Kier alpha value is -2.24. The van der Waals surface area contributed by atoms with Crippen LogP contribution in [0, 0.1) is 6.92 Å². The monoisotopic (exact) mass is 239 g/mol. The van der Waals surface area contributed by atoms with Crippen molar-refractivity contribution < 1.29 is 23.9 Å². The zero-order valence-electron chi connectivity index (χ0n) is 9.80. The van der Waals surface area contributed by atoms with Crippen LogP contribution in [0.5, 0.6) is 0 Å². The van der Waals surface area contributed by atoms with E-state index in [9.17, 15) is 9.59 Å². The summed E-state index contributed by atoms with van der Waals surface area (Å²) in [7, 11) is 2.33. The molecule has 0 atom stereocenters. The normalized spacial score (nSPS) is 9.35. The molecule has 0 aliphatic heterocycles. The van der Waals surface area contributed by atoms with Gasteiger partial charge in [-0.15, -0.1) is 5.06 Å². The number of anilines is 1. The van der Waals surface area contributed by atoms with Crippen LogP contribution < -0.4 is 5.06 Å². The molecule has 17 heavy (non-hydrogen) atoms. The van der Waals surface area contributed by atoms with Gasteiger partial charge in [0.05, 0.1) is 19.9 Å². The van der Waals surface area contributed by atoms with Crippen LogP contribution in [0.2, 0.25) is 0 Å². The summed E-state index contributed by atoms with van der Waals surface area (Å²) in [6.45, 7) is 1.84. The van der Waals surface area contributed by atoms with Gasteiger partial charge in [0, 0.05) is 0 Å². The Labute approximate surface area is 98.6 Å². The highest BCUT2D eigenvalue weighted by atomic mass is 16.8. The number of aryl methyl sites for hydroxylation is 1. The average Bonchev–Trinajstić information content (AvgIpc) is 2.34. The molecule has 0 saturated heterocycles. The van der Waals surface area contributed by atoms with E-state index >= 15 is 0 Å². The third kappa shape index (κ3) is 3.37. The third-order valence-electron chi connectivity index (χ3n) is 1.91. The average molecular weight is 239 g/mol. The zero-order chi connectivity index (χ0) is 12.8. The first-order valence-electron chi connectivity index (χ1n) is 4.79. The Morgan fingerprint density at radius 1 is 1.18 bits per heavy atom. The molecular formula is C11H13NO5. The summed E-state index contributed by atoms with van der Waals surface area (Å²) in [4.78, 5) is 27.1. The second-order valence-corrected chi connectivity index (χ2v) is 3.15. The molecule has 0 spiro atoms. The fraction of sp³-hybridized carbons (Fsp3) is 0.273. The Morgan fingerprint density at radius 2 is 1.88 bits per heavy atom. The van der Waals surface area contributed by atoms with Crippen LogP contribution in [0.1, 0.15) is 5.56 Å². The summed E-state index contributed by atoms with van der Waals surface area (Å²) >= 11 is 0. The molecule has 0 aromatic heterocycles. The SMILES string of the molecule is COC(=O)ON(C(=O)OC)c1cccc(C)c1. The van der Waals surface area contributed by atoms with Crippen molar-refractivity contribution in [3.63, 3.8) is 0 Å². The van der Waals surface area contributed by atoms with E-state index in [4.69, 9.17) is 4.84 Å². The molecule has 0 saturated carbocycles. The predicted octanol–water partition coefficient (Wildman–Crippen LogP) is 2.27. The number of amides is 1. The smallest absolute Gasteiger partial charge is 0.450 e. The van der Waals surface area contributed by atoms with Crippen molar-refractivity contribution in [3.05, 3.63) is 29.8 Å². The van der Waals surface area contributed by atoms with E-state index in [0.717, 1.165) is 17.7 Å². The van der Waals surface area contributed by atoms with E-state index < -0.39 is 12.2 Å². The van der Waals surface area contributed by atoms with Gasteiger partial charge in [0.1, 0.15) is 0 Å². The molecule has 0 aliphatic rings. The van der Waals surface area contributed by atoms with Gasteiger partial charge in [0.15, 0.2) is 0 Å². The number of carbonyl (C=O) groups is 2. The van der Waals surface area contributed by atoms with Crippen LogP contribution in [0.4, 0.5) is 15.3 Å². The van der Waals surface area contributed by atoms with Crippen LogP contribution in [-0.4, -0.2) is 26.5 Å². The maximum atomic E-state index is 11.4. The summed E-state index contributed by atoms with van der Waals surface area (Å²) in [5, 5.41) is 0.721. The lowest BCUT2D eigenvalue weighted by Gasteiger charge is -2.18. The fourth-order valence-corrected chi connectivity index (χ4v) is 1.14. The van der Waals surface area contributed by atoms with Crippen LogP contribution in [0.25, 0.3) is 0 Å². The molecule has 0 bridgehead atoms. The highest BCUT2D eigenvalue weighted by Crippen LogP contribution is 2.17. The van der Waals surface area contributed by atoms with Gasteiger partial charge < -0.3 is 9.47 Å². The molecule has 0 fully saturated rings. The lowest BCUT2D eigenvalue weighted by molar-refractivity contribution is 0.0572. The van der Waals surface area contributed by atoms with Crippen molar-refractivity contribution in [3.8, 4) is 0 Å². The molecule has 1 aromatic carbocycles. The van der Waals surface area contributed by atoms with Crippen molar-refractivity contribution in [1.82, 2.24) is 0 Å². The number of nitrogens with zero attached hydrogens (tertiary/aromatic N) is 1. The highest BCUT2D eigenvalue weighted by molar-refractivity contribution is 5.87. The lowest BCUT2D eigenvalue weighted by Crippen LogP contribution is -2.33. The second kappa shape index (κ2) is 5.74. The topological polar surface area (TPSA) is 65.1 Å². The first kappa shape index (κ1) is 12.8. The van der Waals surface area contributed by atoms with Gasteiger partial charge in [0.25, 0.3) is 0 Å². The molecule has 92 valence electrons. The van der Waals surface area contributed by atoms with E-state index in [0.29, 0.717) is 5.69 Å². The van der Waals surface area contributed by atoms with Gasteiger partial charge >= 0.3 is 12.2 Å². The molecule has 0 heterocycles. The van der Waals surface area contributed by atoms with E-state index in [-0.39, 0.29) is 0 Å². The number of carbonyl (C=O) groups excluding carboxylic acids is 2. The van der Waals surface area contributed by atoms with Crippen molar-refractivity contribution in [2.24, 2.45) is 0 Å². The molecule has 6 heteroatoms. The molecule has 0 unspecified atom stereocenters. The summed E-state index contributed by atoms with van der Waals surface area (Å²) < 4.78 is 8.82. The molecule has 1 aromatic rings. The van der Waals surface area contributed by atoms with Crippen LogP contribution >= 0.6 is 0 Å². The second-order valence-electron chi connectivity index (χ2n) is 3.15. The Bertz CT molecular complexity index is 418. The van der Waals surface area contributed by atoms with Gasteiger partial charge in [-0.25, -0.2) is 9.59 Å². The first-order chi connectivity index (χ1) is 8.08. The van der Waals surface area contributed by atoms with Gasteiger partial charge in [-0.2, -0.15) is 0 Å². The molecule has 1 rings (SSSR count). The minimum absolute atomic E-state index is 0.377. The molecule has 0 aliphatic carbocycles. The van der Waals surface area contributed by atoms with Crippen molar-refractivity contribution in [2.75, 3.05) is 19.3 Å². The number of ether oxygens (including phenoxy) is 2. The third-order valence-corrected chi connectivity index (χ3v) is 1.91. The Morgan fingerprint density at radius 3 is 2.41 bits per heavy atom. The zero-order valence-corrected chi connectivity index (χ0v) is 9.80. The maximum absolute atomic E-state index is 11.4. The number of rotatable bonds is 1. The summed E-state index contributed by atoms with van der Waals surface area (Å²) in [6, 6.07) is 6.84. The largest absolute Gasteiger partial charge is 0.533 e. The minimum Gasteiger partial charge on any atom is -0.450 e. The highest BCUT2D eigenvalue weighted by Gasteiger charge is 2.22. The standard InChI is InChI=1S/C11H13NO5/c1-8-5-4-6-9(7-8)12(10(13)15-2)17-11(14)16-3/h4-7H,1-3H3. The van der Waals surface area contributed by atoms with Crippen molar-refractivity contribution in [1.29, 1.82) is 0 Å². The number of benzene rings is 1. The van der Waals surface area contributed by atoms with Gasteiger partial charge in [-0.05, 0) is 24.6 Å². The van der Waals surface area contributed by atoms with E-state index in [1.54, 1.807) is 18.2 Å². The summed E-state index contributed by atoms with van der Waals surface area (Å²) in [6.07, 6.45) is -1.82. The first-order valence-corrected chi connectivity index (χ1v) is 4.79. The Kier molecular flexibility index (Phi) is 4.33. The fourth-order valence-electron chi connectivity index (χ4n) is 1.14. The van der Waals surface area contributed by atoms with Crippen LogP contribution in [0.15, 0.2) is 24.3 Å². The van der Waals surface area contributed by atoms with Crippen LogP contribution in [-0.2, 0) is 14.3 Å². The number of methoxy groups -OCH3 is 2. The van der Waals surface area contributed by atoms with E-state index in [1.165, 1.54) is 7.11 Å². The summed E-state index contributed by atoms with van der Waals surface area (Å²) in [5.74, 6) is 0. The molecule has 0 N–H and O–H groups in total. The molecular weight excluding hydrogens is 226 g/mol. The number of hydrogen-bond donors (Lipinski definition) is 0. The predicted molar refractivity (Wildman–Crippen MR) is 59.6 cm³/mol. The number of hydroxylamine groups is 1. The molecule has 0 radical (unpaired) electrons. The van der Waals surface area contributed by atoms with Crippen molar-refractivity contribution in [2.45, 2.75) is 6.92 Å². The quantitative estimate of drug-likeness (QED) is 0.555. The molecule has 6 nitrogen and oxygen atoms in total. The summed E-state index contributed by atoms with van der Waals surface area (Å²) in [5.41, 5.74) is 1.28. The minimum atomic E-state index is -1.00. The molecule has 1 amide bonds. The maximum Gasteiger partial charge on any atom is 0.533 e. The Balaban J connectivity index is 2.97. The van der Waals surface area contributed by atoms with E-state index in [2.05, 4.69) is 9.47 Å². The number of hydrogen-bond acceptors (Lipinski definition) is 5. The van der Waals surface area contributed by atoms with Crippen LogP contribution in [0.3, 0.4) is 0 Å². The van der Waals surface area contributed by atoms with Gasteiger partial charge in [-0.1, -0.05) is 12.1 Å². The lowest BCUT2D eigenvalue weighted by atomic mass is 10.2. The van der Waals surface area contributed by atoms with Gasteiger partial charge in [-0.3, -0.25) is 4.84 Å². The van der Waals surface area contributed by atoms with E-state index in [1.807, 2.05) is 13.0 Å². The van der Waals surface area contributed by atoms with Gasteiger partial charge in [0.2, 0.25) is 0 Å². The van der Waals surface area contributed by atoms with Crippen molar-refractivity contribution >= 4 is 17.9 Å².